The Balaban J connectivity index is 2.58. The van der Waals surface area contributed by atoms with Gasteiger partial charge < -0.3 is 5.73 Å². The van der Waals surface area contributed by atoms with E-state index in [1.165, 1.54) is 17.5 Å². The van der Waals surface area contributed by atoms with E-state index in [1.54, 1.807) is 6.07 Å². The van der Waals surface area contributed by atoms with Crippen molar-refractivity contribution in [3.8, 4) is 11.3 Å². The molecule has 2 N–H and O–H groups in total. The third-order valence-corrected chi connectivity index (χ3v) is 2.36. The minimum absolute atomic E-state index is 0.501. The fourth-order valence-corrected chi connectivity index (χ4v) is 1.53. The summed E-state index contributed by atoms with van der Waals surface area (Å²) in [5.41, 5.74) is 10.0. The smallest absolute Gasteiger partial charge is 0.127 e. The second-order valence-electron chi connectivity index (χ2n) is 3.65. The quantitative estimate of drug-likeness (QED) is 0.767. The summed E-state index contributed by atoms with van der Waals surface area (Å²) < 4.78 is 0. The number of hydrogen-bond acceptors (Lipinski definition) is 3. The van der Waals surface area contributed by atoms with Crippen LogP contribution in [0.25, 0.3) is 11.3 Å². The lowest BCUT2D eigenvalue weighted by Crippen LogP contribution is -1.94. The molecule has 0 aliphatic heterocycles. The van der Waals surface area contributed by atoms with E-state index in [-0.39, 0.29) is 0 Å². The molecular weight excluding hydrogens is 186 g/mol. The Hall–Kier alpha value is -1.90. The molecule has 3 heteroatoms. The number of nitrogen functional groups attached to an aromatic ring is 1. The van der Waals surface area contributed by atoms with E-state index in [9.17, 15) is 0 Å². The first kappa shape index (κ1) is 9.65. The average Bonchev–Trinajstić information content (AvgIpc) is 2.22. The number of nitrogens with zero attached hydrogens (tertiary/aromatic N) is 2. The minimum atomic E-state index is 0.501. The summed E-state index contributed by atoms with van der Waals surface area (Å²) >= 11 is 0. The Morgan fingerprint density at radius 3 is 2.60 bits per heavy atom. The molecule has 0 saturated carbocycles. The van der Waals surface area contributed by atoms with Gasteiger partial charge in [0.15, 0.2) is 0 Å². The Bertz CT molecular complexity index is 492. The SMILES string of the molecule is Cc1ccc(C)c(-c2cc(N)ncn2)c1. The summed E-state index contributed by atoms with van der Waals surface area (Å²) in [5, 5.41) is 0. The van der Waals surface area contributed by atoms with Crippen LogP contribution in [0.15, 0.2) is 30.6 Å². The first-order valence-electron chi connectivity index (χ1n) is 4.82. The number of rotatable bonds is 1. The summed E-state index contributed by atoms with van der Waals surface area (Å²) in [6.07, 6.45) is 1.49. The molecule has 0 aliphatic carbocycles. The van der Waals surface area contributed by atoms with Crippen molar-refractivity contribution in [2.24, 2.45) is 0 Å². The monoisotopic (exact) mass is 199 g/mol. The highest BCUT2D eigenvalue weighted by Crippen LogP contribution is 2.22. The van der Waals surface area contributed by atoms with E-state index >= 15 is 0 Å². The molecule has 3 nitrogen and oxygen atoms in total. The lowest BCUT2D eigenvalue weighted by atomic mass is 10.0. The maximum Gasteiger partial charge on any atom is 0.127 e. The number of benzene rings is 1. The van der Waals surface area contributed by atoms with E-state index in [1.807, 2.05) is 0 Å². The number of hydrogen-bond donors (Lipinski definition) is 1. The Morgan fingerprint density at radius 1 is 1.07 bits per heavy atom. The van der Waals surface area contributed by atoms with Crippen molar-refractivity contribution >= 4 is 5.82 Å². The number of nitrogens with two attached hydrogens (primary N) is 1. The van der Waals surface area contributed by atoms with Gasteiger partial charge in [-0.05, 0) is 25.5 Å². The van der Waals surface area contributed by atoms with Crippen LogP contribution in [-0.4, -0.2) is 9.97 Å². The van der Waals surface area contributed by atoms with Crippen molar-refractivity contribution in [1.29, 1.82) is 0 Å². The summed E-state index contributed by atoms with van der Waals surface area (Å²) in [6, 6.07) is 8.07. The molecule has 1 aromatic carbocycles. The fraction of sp³-hybridized carbons (Fsp3) is 0.167. The van der Waals surface area contributed by atoms with Gasteiger partial charge in [-0.1, -0.05) is 17.7 Å². The molecule has 2 rings (SSSR count). The molecule has 1 heterocycles. The van der Waals surface area contributed by atoms with E-state index in [2.05, 4.69) is 42.0 Å². The lowest BCUT2D eigenvalue weighted by Gasteiger charge is -2.06. The summed E-state index contributed by atoms with van der Waals surface area (Å²) in [7, 11) is 0. The average molecular weight is 199 g/mol. The summed E-state index contributed by atoms with van der Waals surface area (Å²) in [6.45, 7) is 4.13. The maximum atomic E-state index is 5.63. The van der Waals surface area contributed by atoms with Crippen LogP contribution in [0.2, 0.25) is 0 Å². The molecule has 0 bridgehead atoms. The normalized spacial score (nSPS) is 10.3. The van der Waals surface area contributed by atoms with Crippen LogP contribution in [0, 0.1) is 13.8 Å². The zero-order valence-corrected chi connectivity index (χ0v) is 8.86. The highest BCUT2D eigenvalue weighted by Gasteiger charge is 2.03. The molecule has 0 saturated heterocycles. The zero-order chi connectivity index (χ0) is 10.8. The van der Waals surface area contributed by atoms with Gasteiger partial charge in [-0.2, -0.15) is 0 Å². The van der Waals surface area contributed by atoms with E-state index in [0.717, 1.165) is 11.3 Å². The van der Waals surface area contributed by atoms with Crippen LogP contribution >= 0.6 is 0 Å². The largest absolute Gasteiger partial charge is 0.384 e. The zero-order valence-electron chi connectivity index (χ0n) is 8.86. The van der Waals surface area contributed by atoms with E-state index < -0.39 is 0 Å². The topological polar surface area (TPSA) is 51.8 Å². The van der Waals surface area contributed by atoms with Gasteiger partial charge in [-0.3, -0.25) is 0 Å². The predicted molar refractivity (Wildman–Crippen MR) is 61.4 cm³/mol. The number of aryl methyl sites for hydroxylation is 2. The number of anilines is 1. The van der Waals surface area contributed by atoms with Crippen LogP contribution in [0.3, 0.4) is 0 Å². The molecule has 2 aromatic rings. The van der Waals surface area contributed by atoms with Crippen LogP contribution in [0.1, 0.15) is 11.1 Å². The second-order valence-corrected chi connectivity index (χ2v) is 3.65. The second kappa shape index (κ2) is 3.69. The molecular formula is C12H13N3. The van der Waals surface area contributed by atoms with Crippen molar-refractivity contribution in [1.82, 2.24) is 9.97 Å². The Labute approximate surface area is 89.0 Å². The van der Waals surface area contributed by atoms with Crippen molar-refractivity contribution in [2.75, 3.05) is 5.73 Å². The Kier molecular flexibility index (Phi) is 2.37. The molecule has 0 amide bonds. The van der Waals surface area contributed by atoms with Gasteiger partial charge in [-0.25, -0.2) is 9.97 Å². The minimum Gasteiger partial charge on any atom is -0.384 e. The first-order valence-corrected chi connectivity index (χ1v) is 4.82. The highest BCUT2D eigenvalue weighted by atomic mass is 14.9. The van der Waals surface area contributed by atoms with Gasteiger partial charge in [0, 0.05) is 11.6 Å². The van der Waals surface area contributed by atoms with E-state index in [4.69, 9.17) is 5.73 Å². The van der Waals surface area contributed by atoms with Gasteiger partial charge in [0.2, 0.25) is 0 Å². The van der Waals surface area contributed by atoms with Gasteiger partial charge in [0.05, 0.1) is 5.69 Å². The van der Waals surface area contributed by atoms with Crippen molar-refractivity contribution < 1.29 is 0 Å². The van der Waals surface area contributed by atoms with Crippen LogP contribution in [-0.2, 0) is 0 Å². The van der Waals surface area contributed by atoms with Crippen molar-refractivity contribution in [3.05, 3.63) is 41.7 Å². The number of aromatic nitrogens is 2. The summed E-state index contributed by atoms with van der Waals surface area (Å²) in [4.78, 5) is 8.10. The highest BCUT2D eigenvalue weighted by molar-refractivity contribution is 5.65. The molecule has 0 aliphatic rings. The predicted octanol–water partition coefficient (Wildman–Crippen LogP) is 2.34. The van der Waals surface area contributed by atoms with Crippen molar-refractivity contribution in [3.63, 3.8) is 0 Å². The molecule has 1 aromatic heterocycles. The van der Waals surface area contributed by atoms with E-state index in [0.29, 0.717) is 5.82 Å². The van der Waals surface area contributed by atoms with Crippen LogP contribution < -0.4 is 5.73 Å². The molecule has 0 radical (unpaired) electrons. The molecule has 0 spiro atoms. The fourth-order valence-electron chi connectivity index (χ4n) is 1.53. The molecule has 76 valence electrons. The van der Waals surface area contributed by atoms with Gasteiger partial charge in [0.1, 0.15) is 12.1 Å². The molecule has 15 heavy (non-hydrogen) atoms. The third-order valence-electron chi connectivity index (χ3n) is 2.36. The maximum absolute atomic E-state index is 5.63. The van der Waals surface area contributed by atoms with Crippen molar-refractivity contribution in [2.45, 2.75) is 13.8 Å². The third kappa shape index (κ3) is 1.96. The standard InChI is InChI=1S/C12H13N3/c1-8-3-4-9(2)10(5-8)11-6-12(13)15-7-14-11/h3-7H,1-2H3,(H2,13,14,15). The molecule has 0 unspecified atom stereocenters. The van der Waals surface area contributed by atoms with Crippen LogP contribution in [0.5, 0.6) is 0 Å². The van der Waals surface area contributed by atoms with Crippen LogP contribution in [0.4, 0.5) is 5.82 Å². The first-order chi connectivity index (χ1) is 7.16. The Morgan fingerprint density at radius 2 is 1.87 bits per heavy atom. The van der Waals surface area contributed by atoms with Gasteiger partial charge >= 0.3 is 0 Å². The molecule has 0 fully saturated rings. The summed E-state index contributed by atoms with van der Waals surface area (Å²) in [5.74, 6) is 0.501. The van der Waals surface area contributed by atoms with Gasteiger partial charge in [0.25, 0.3) is 0 Å². The lowest BCUT2D eigenvalue weighted by molar-refractivity contribution is 1.17. The molecule has 0 atom stereocenters. The van der Waals surface area contributed by atoms with Gasteiger partial charge in [-0.15, -0.1) is 0 Å².